The number of ether oxygens (including phenoxy) is 1. The predicted molar refractivity (Wildman–Crippen MR) is 83.6 cm³/mol. The van der Waals surface area contributed by atoms with Crippen molar-refractivity contribution < 1.29 is 19.4 Å². The van der Waals surface area contributed by atoms with Gasteiger partial charge < -0.3 is 15.2 Å². The fourth-order valence-corrected chi connectivity index (χ4v) is 2.28. The van der Waals surface area contributed by atoms with E-state index in [-0.39, 0.29) is 24.8 Å². The van der Waals surface area contributed by atoms with Crippen LogP contribution in [-0.2, 0) is 9.59 Å². The molecule has 2 aromatic rings. The largest absolute Gasteiger partial charge is 0.506 e. The number of benzene rings is 1. The number of anilines is 2. The number of pyridine rings is 1. The quantitative estimate of drug-likeness (QED) is 0.837. The molecule has 3 rings (SSSR count). The Balaban J connectivity index is 1.78. The second-order valence-corrected chi connectivity index (χ2v) is 5.16. The molecule has 0 fully saturated rings. The van der Waals surface area contributed by atoms with Gasteiger partial charge in [-0.05, 0) is 36.8 Å². The lowest BCUT2D eigenvalue weighted by Crippen LogP contribution is -2.43. The van der Waals surface area contributed by atoms with Crippen molar-refractivity contribution >= 4 is 23.3 Å². The number of phenolic OH excluding ortho intramolecular Hbond substituents is 1. The highest BCUT2D eigenvalue weighted by molar-refractivity contribution is 6.04. The van der Waals surface area contributed by atoms with E-state index in [9.17, 15) is 14.7 Å². The number of rotatable bonds is 3. The SMILES string of the molecule is Cc1ccc(O)c(NC(=O)CN2C(=O)COc3cccnc32)c1. The molecule has 0 saturated carbocycles. The molecule has 23 heavy (non-hydrogen) atoms. The van der Waals surface area contributed by atoms with Crippen molar-refractivity contribution in [3.05, 3.63) is 42.1 Å². The minimum Gasteiger partial charge on any atom is -0.506 e. The summed E-state index contributed by atoms with van der Waals surface area (Å²) in [5.74, 6) is -0.0426. The van der Waals surface area contributed by atoms with E-state index < -0.39 is 5.91 Å². The number of nitrogens with one attached hydrogen (secondary N) is 1. The molecule has 0 aliphatic carbocycles. The van der Waals surface area contributed by atoms with Gasteiger partial charge in [-0.15, -0.1) is 0 Å². The third-order valence-electron chi connectivity index (χ3n) is 3.39. The predicted octanol–water partition coefficient (Wildman–Crippen LogP) is 1.46. The average molecular weight is 313 g/mol. The maximum Gasteiger partial charge on any atom is 0.266 e. The minimum atomic E-state index is -0.433. The number of aromatic hydroxyl groups is 1. The second-order valence-electron chi connectivity index (χ2n) is 5.16. The van der Waals surface area contributed by atoms with E-state index in [0.29, 0.717) is 17.3 Å². The number of hydrogen-bond acceptors (Lipinski definition) is 5. The summed E-state index contributed by atoms with van der Waals surface area (Å²) in [7, 11) is 0. The summed E-state index contributed by atoms with van der Waals surface area (Å²) >= 11 is 0. The summed E-state index contributed by atoms with van der Waals surface area (Å²) in [6.45, 7) is 1.50. The number of nitrogens with zero attached hydrogens (tertiary/aromatic N) is 2. The van der Waals surface area contributed by atoms with Gasteiger partial charge >= 0.3 is 0 Å². The van der Waals surface area contributed by atoms with Crippen LogP contribution < -0.4 is 15.0 Å². The van der Waals surface area contributed by atoms with E-state index in [0.717, 1.165) is 5.56 Å². The topological polar surface area (TPSA) is 91.8 Å². The van der Waals surface area contributed by atoms with Crippen LogP contribution in [0.1, 0.15) is 5.56 Å². The van der Waals surface area contributed by atoms with Crippen molar-refractivity contribution in [2.24, 2.45) is 0 Å². The standard InChI is InChI=1S/C16H15N3O4/c1-10-4-5-12(20)11(7-10)18-14(21)8-19-15(22)9-23-13-3-2-6-17-16(13)19/h2-7,20H,8-9H2,1H3,(H,18,21). The zero-order chi connectivity index (χ0) is 16.4. The first-order chi connectivity index (χ1) is 11.0. The molecule has 2 heterocycles. The number of fused-ring (bicyclic) bond motifs is 1. The number of amides is 2. The average Bonchev–Trinajstić information content (AvgIpc) is 2.54. The molecule has 1 aromatic heterocycles. The third-order valence-corrected chi connectivity index (χ3v) is 3.39. The van der Waals surface area contributed by atoms with Crippen LogP contribution >= 0.6 is 0 Å². The summed E-state index contributed by atoms with van der Waals surface area (Å²) in [5, 5.41) is 12.4. The first-order valence-corrected chi connectivity index (χ1v) is 7.02. The molecule has 0 spiro atoms. The van der Waals surface area contributed by atoms with Gasteiger partial charge in [0.25, 0.3) is 5.91 Å². The Hall–Kier alpha value is -3.09. The fourth-order valence-electron chi connectivity index (χ4n) is 2.28. The maximum absolute atomic E-state index is 12.2. The molecule has 0 bridgehead atoms. The number of hydrogen-bond donors (Lipinski definition) is 2. The molecule has 7 nitrogen and oxygen atoms in total. The first-order valence-electron chi connectivity index (χ1n) is 7.02. The molecule has 1 aliphatic rings. The monoisotopic (exact) mass is 313 g/mol. The van der Waals surface area contributed by atoms with Crippen molar-refractivity contribution in [2.45, 2.75) is 6.92 Å². The van der Waals surface area contributed by atoms with E-state index in [4.69, 9.17) is 4.74 Å². The Kier molecular flexibility index (Phi) is 3.84. The van der Waals surface area contributed by atoms with Crippen molar-refractivity contribution in [2.75, 3.05) is 23.4 Å². The molecule has 0 unspecified atom stereocenters. The van der Waals surface area contributed by atoms with E-state index in [1.807, 2.05) is 6.92 Å². The summed E-state index contributed by atoms with van der Waals surface area (Å²) in [6, 6.07) is 8.27. The number of carbonyl (C=O) groups excluding carboxylic acids is 2. The normalized spacial score (nSPS) is 13.3. The van der Waals surface area contributed by atoms with E-state index in [1.54, 1.807) is 24.3 Å². The maximum atomic E-state index is 12.2. The van der Waals surface area contributed by atoms with Crippen molar-refractivity contribution in [3.63, 3.8) is 0 Å². The minimum absolute atomic E-state index is 0.0317. The lowest BCUT2D eigenvalue weighted by atomic mass is 10.2. The van der Waals surface area contributed by atoms with E-state index in [2.05, 4.69) is 10.3 Å². The van der Waals surface area contributed by atoms with Crippen LogP contribution in [0.2, 0.25) is 0 Å². The Morgan fingerprint density at radius 3 is 3.09 bits per heavy atom. The Bertz CT molecular complexity index is 776. The van der Waals surface area contributed by atoms with Gasteiger partial charge in [0.2, 0.25) is 5.91 Å². The summed E-state index contributed by atoms with van der Waals surface area (Å²) in [6.07, 6.45) is 1.53. The van der Waals surface area contributed by atoms with Crippen LogP contribution in [0.15, 0.2) is 36.5 Å². The molecule has 7 heteroatoms. The molecule has 2 N–H and O–H groups in total. The Morgan fingerprint density at radius 1 is 1.43 bits per heavy atom. The van der Waals surface area contributed by atoms with Gasteiger partial charge in [0.05, 0.1) is 5.69 Å². The molecule has 1 aliphatic heterocycles. The van der Waals surface area contributed by atoms with Gasteiger partial charge in [-0.1, -0.05) is 6.07 Å². The number of phenols is 1. The second kappa shape index (κ2) is 5.96. The lowest BCUT2D eigenvalue weighted by Gasteiger charge is -2.27. The molecule has 118 valence electrons. The Morgan fingerprint density at radius 2 is 2.26 bits per heavy atom. The molecular weight excluding hydrogens is 298 g/mol. The van der Waals surface area contributed by atoms with Crippen LogP contribution in [-0.4, -0.2) is 35.1 Å². The summed E-state index contributed by atoms with van der Waals surface area (Å²) in [4.78, 5) is 29.6. The van der Waals surface area contributed by atoms with Crippen molar-refractivity contribution in [1.29, 1.82) is 0 Å². The van der Waals surface area contributed by atoms with Crippen molar-refractivity contribution in [3.8, 4) is 11.5 Å². The van der Waals surface area contributed by atoms with Gasteiger partial charge in [-0.2, -0.15) is 0 Å². The zero-order valence-electron chi connectivity index (χ0n) is 12.4. The highest BCUT2D eigenvalue weighted by Gasteiger charge is 2.28. The summed E-state index contributed by atoms with van der Waals surface area (Å²) in [5.41, 5.74) is 1.20. The molecule has 0 saturated heterocycles. The van der Waals surface area contributed by atoms with Crippen LogP contribution in [0, 0.1) is 6.92 Å². The van der Waals surface area contributed by atoms with Crippen molar-refractivity contribution in [1.82, 2.24) is 4.98 Å². The lowest BCUT2D eigenvalue weighted by molar-refractivity contribution is -0.123. The molecule has 1 aromatic carbocycles. The number of aromatic nitrogens is 1. The zero-order valence-corrected chi connectivity index (χ0v) is 12.4. The van der Waals surface area contributed by atoms with E-state index >= 15 is 0 Å². The first kappa shape index (κ1) is 14.8. The van der Waals surface area contributed by atoms with Crippen LogP contribution in [0.3, 0.4) is 0 Å². The highest BCUT2D eigenvalue weighted by atomic mass is 16.5. The number of carbonyl (C=O) groups is 2. The van der Waals surface area contributed by atoms with Crippen LogP contribution in [0.5, 0.6) is 11.5 Å². The molecular formula is C16H15N3O4. The fraction of sp³-hybridized carbons (Fsp3) is 0.188. The van der Waals surface area contributed by atoms with E-state index in [1.165, 1.54) is 17.2 Å². The Labute approximate surface area is 132 Å². The highest BCUT2D eigenvalue weighted by Crippen LogP contribution is 2.29. The molecule has 2 amide bonds. The van der Waals surface area contributed by atoms with Gasteiger partial charge in [0.15, 0.2) is 18.2 Å². The molecule has 0 atom stereocenters. The van der Waals surface area contributed by atoms with Crippen LogP contribution in [0.4, 0.5) is 11.5 Å². The van der Waals surface area contributed by atoms with Gasteiger partial charge in [0, 0.05) is 6.20 Å². The van der Waals surface area contributed by atoms with Crippen LogP contribution in [0.25, 0.3) is 0 Å². The summed E-state index contributed by atoms with van der Waals surface area (Å²) < 4.78 is 5.28. The van der Waals surface area contributed by atoms with Gasteiger partial charge in [-0.25, -0.2) is 4.98 Å². The third kappa shape index (κ3) is 3.08. The van der Waals surface area contributed by atoms with Gasteiger partial charge in [-0.3, -0.25) is 14.5 Å². The van der Waals surface area contributed by atoms with Gasteiger partial charge in [0.1, 0.15) is 12.3 Å². The smallest absolute Gasteiger partial charge is 0.266 e. The number of aryl methyl sites for hydroxylation is 1. The molecule has 0 radical (unpaired) electrons.